The van der Waals surface area contributed by atoms with E-state index < -0.39 is 5.79 Å². The van der Waals surface area contributed by atoms with E-state index in [2.05, 4.69) is 36.8 Å². The zero-order valence-corrected chi connectivity index (χ0v) is 13.7. The van der Waals surface area contributed by atoms with Crippen LogP contribution in [-0.4, -0.2) is 23.5 Å². The first-order valence-electron chi connectivity index (χ1n) is 5.74. The Hall–Kier alpha value is -0.230. The summed E-state index contributed by atoms with van der Waals surface area (Å²) in [5, 5.41) is 0. The smallest absolute Gasteiger partial charge is 0.229 e. The van der Waals surface area contributed by atoms with Gasteiger partial charge in [0.1, 0.15) is 5.69 Å². The predicted octanol–water partition coefficient (Wildman–Crippen LogP) is 3.74. The molecule has 0 unspecified atom stereocenters. The number of alkyl halides is 1. The molecule has 3 nitrogen and oxygen atoms in total. The predicted molar refractivity (Wildman–Crippen MR) is 78.9 cm³/mol. The van der Waals surface area contributed by atoms with Crippen molar-refractivity contribution in [1.82, 2.24) is 4.98 Å². The van der Waals surface area contributed by atoms with Crippen molar-refractivity contribution in [2.45, 2.75) is 24.5 Å². The van der Waals surface area contributed by atoms with Crippen LogP contribution in [0.3, 0.4) is 0 Å². The van der Waals surface area contributed by atoms with Gasteiger partial charge in [-0.25, -0.2) is 0 Å². The Balaban J connectivity index is 2.66. The third-order valence-corrected chi connectivity index (χ3v) is 4.50. The lowest BCUT2D eigenvalue weighted by molar-refractivity contribution is -0.225. The largest absolute Gasteiger partial charge is 0.347 e. The SMILES string of the molecule is CCO[C@@]1(OC)c2nc(C)ccc2C(Br)=C[C@@H]1Br. The summed E-state index contributed by atoms with van der Waals surface area (Å²) < 4.78 is 12.5. The van der Waals surface area contributed by atoms with Gasteiger partial charge in [-0.05, 0) is 19.9 Å². The summed E-state index contributed by atoms with van der Waals surface area (Å²) in [7, 11) is 1.64. The zero-order chi connectivity index (χ0) is 13.3. The molecule has 0 amide bonds. The summed E-state index contributed by atoms with van der Waals surface area (Å²) in [6.07, 6.45) is 2.03. The minimum absolute atomic E-state index is 0.0916. The molecule has 2 atom stereocenters. The lowest BCUT2D eigenvalue weighted by Gasteiger charge is -2.38. The highest BCUT2D eigenvalue weighted by atomic mass is 79.9. The quantitative estimate of drug-likeness (QED) is 0.594. The second-order valence-electron chi connectivity index (χ2n) is 4.07. The van der Waals surface area contributed by atoms with E-state index in [1.165, 1.54) is 0 Å². The van der Waals surface area contributed by atoms with Crippen molar-refractivity contribution in [3.05, 3.63) is 35.2 Å². The normalized spacial score (nSPS) is 26.7. The van der Waals surface area contributed by atoms with Crippen molar-refractivity contribution in [2.24, 2.45) is 0 Å². The minimum Gasteiger partial charge on any atom is -0.347 e. The second kappa shape index (κ2) is 5.41. The molecule has 0 saturated heterocycles. The molecule has 1 aromatic rings. The number of ether oxygens (including phenoxy) is 2. The summed E-state index contributed by atoms with van der Waals surface area (Å²) >= 11 is 7.18. The lowest BCUT2D eigenvalue weighted by atomic mass is 9.96. The first-order valence-corrected chi connectivity index (χ1v) is 7.45. The molecule has 0 radical (unpaired) electrons. The number of pyridine rings is 1. The van der Waals surface area contributed by atoms with Crippen molar-refractivity contribution in [2.75, 3.05) is 13.7 Å². The minimum atomic E-state index is -0.868. The zero-order valence-electron chi connectivity index (χ0n) is 10.5. The van der Waals surface area contributed by atoms with Crippen LogP contribution in [0.1, 0.15) is 23.9 Å². The van der Waals surface area contributed by atoms with Gasteiger partial charge in [0.25, 0.3) is 0 Å². The molecule has 98 valence electrons. The second-order valence-corrected chi connectivity index (χ2v) is 5.91. The van der Waals surface area contributed by atoms with E-state index in [0.29, 0.717) is 6.61 Å². The van der Waals surface area contributed by atoms with Crippen molar-refractivity contribution in [3.63, 3.8) is 0 Å². The van der Waals surface area contributed by atoms with Crippen LogP contribution in [0.4, 0.5) is 0 Å². The Morgan fingerprint density at radius 1 is 1.44 bits per heavy atom. The van der Waals surface area contributed by atoms with Crippen LogP contribution in [0.2, 0.25) is 0 Å². The van der Waals surface area contributed by atoms with Crippen LogP contribution in [-0.2, 0) is 15.3 Å². The van der Waals surface area contributed by atoms with E-state index >= 15 is 0 Å². The first kappa shape index (κ1) is 14.2. The van der Waals surface area contributed by atoms with E-state index in [4.69, 9.17) is 9.47 Å². The van der Waals surface area contributed by atoms with Gasteiger partial charge in [0.05, 0.1) is 4.83 Å². The maximum Gasteiger partial charge on any atom is 0.229 e. The number of methoxy groups -OCH3 is 1. The molecule has 2 rings (SSSR count). The number of hydrogen-bond donors (Lipinski definition) is 0. The van der Waals surface area contributed by atoms with Crippen molar-refractivity contribution >= 4 is 36.3 Å². The Labute approximate surface area is 124 Å². The van der Waals surface area contributed by atoms with Crippen molar-refractivity contribution in [3.8, 4) is 0 Å². The number of halogens is 2. The summed E-state index contributed by atoms with van der Waals surface area (Å²) in [5.74, 6) is -0.868. The van der Waals surface area contributed by atoms with Gasteiger partial charge in [0.2, 0.25) is 5.79 Å². The van der Waals surface area contributed by atoms with E-state index in [-0.39, 0.29) is 4.83 Å². The molecule has 0 N–H and O–H groups in total. The van der Waals surface area contributed by atoms with Crippen molar-refractivity contribution in [1.29, 1.82) is 0 Å². The number of nitrogens with zero attached hydrogens (tertiary/aromatic N) is 1. The Morgan fingerprint density at radius 2 is 2.17 bits per heavy atom. The van der Waals surface area contributed by atoms with Crippen LogP contribution < -0.4 is 0 Å². The summed E-state index contributed by atoms with van der Waals surface area (Å²) in [5.41, 5.74) is 2.76. The van der Waals surface area contributed by atoms with Gasteiger partial charge in [-0.1, -0.05) is 44.0 Å². The van der Waals surface area contributed by atoms with Gasteiger partial charge in [0, 0.05) is 29.5 Å². The van der Waals surface area contributed by atoms with Crippen LogP contribution in [0, 0.1) is 6.92 Å². The molecule has 1 heterocycles. The molecule has 0 saturated carbocycles. The Morgan fingerprint density at radius 3 is 2.78 bits per heavy atom. The fourth-order valence-corrected chi connectivity index (χ4v) is 3.84. The topological polar surface area (TPSA) is 31.4 Å². The molecule has 0 fully saturated rings. The van der Waals surface area contributed by atoms with Gasteiger partial charge in [-0.2, -0.15) is 0 Å². The third kappa shape index (κ3) is 2.18. The first-order chi connectivity index (χ1) is 8.55. The summed E-state index contributed by atoms with van der Waals surface area (Å²) in [6, 6.07) is 4.01. The molecule has 0 spiro atoms. The van der Waals surface area contributed by atoms with Gasteiger partial charge in [-0.15, -0.1) is 0 Å². The van der Waals surface area contributed by atoms with Gasteiger partial charge >= 0.3 is 0 Å². The lowest BCUT2D eigenvalue weighted by Crippen LogP contribution is -2.43. The number of hydrogen-bond acceptors (Lipinski definition) is 3. The fourth-order valence-electron chi connectivity index (χ4n) is 2.10. The highest BCUT2D eigenvalue weighted by Crippen LogP contribution is 2.44. The molecule has 18 heavy (non-hydrogen) atoms. The van der Waals surface area contributed by atoms with Gasteiger partial charge < -0.3 is 9.47 Å². The molecule has 1 aliphatic carbocycles. The summed E-state index contributed by atoms with van der Waals surface area (Å²) in [6.45, 7) is 4.46. The number of aryl methyl sites for hydroxylation is 1. The third-order valence-electron chi connectivity index (χ3n) is 2.94. The molecular formula is C13H15Br2NO2. The molecule has 5 heteroatoms. The van der Waals surface area contributed by atoms with Gasteiger partial charge in [-0.3, -0.25) is 4.98 Å². The standard InChI is InChI=1S/C13H15Br2NO2/c1-4-18-13(17-3)11(15)7-10(14)9-6-5-8(2)16-12(9)13/h5-7,11H,4H2,1-3H3/t11-,13+/m0/s1. The van der Waals surface area contributed by atoms with Crippen molar-refractivity contribution < 1.29 is 9.47 Å². The Kier molecular flexibility index (Phi) is 4.26. The maximum atomic E-state index is 5.86. The van der Waals surface area contributed by atoms with Crippen LogP contribution in [0.15, 0.2) is 18.2 Å². The monoisotopic (exact) mass is 375 g/mol. The molecule has 1 aromatic heterocycles. The molecule has 1 aliphatic rings. The average Bonchev–Trinajstić information content (AvgIpc) is 2.34. The van der Waals surface area contributed by atoms with E-state index in [1.807, 2.05) is 32.1 Å². The van der Waals surface area contributed by atoms with Crippen LogP contribution in [0.5, 0.6) is 0 Å². The van der Waals surface area contributed by atoms with Crippen LogP contribution in [0.25, 0.3) is 4.48 Å². The Bertz CT molecular complexity index is 490. The molecular weight excluding hydrogens is 362 g/mol. The van der Waals surface area contributed by atoms with E-state index in [1.54, 1.807) is 7.11 Å². The van der Waals surface area contributed by atoms with Gasteiger partial charge in [0.15, 0.2) is 0 Å². The number of rotatable bonds is 3. The van der Waals surface area contributed by atoms with Crippen LogP contribution >= 0.6 is 31.9 Å². The summed E-state index contributed by atoms with van der Waals surface area (Å²) in [4.78, 5) is 4.52. The average molecular weight is 377 g/mol. The fraction of sp³-hybridized carbons (Fsp3) is 0.462. The van der Waals surface area contributed by atoms with E-state index in [0.717, 1.165) is 21.4 Å². The number of fused-ring (bicyclic) bond motifs is 1. The number of aromatic nitrogens is 1. The highest BCUT2D eigenvalue weighted by molar-refractivity contribution is 9.15. The molecule has 0 bridgehead atoms. The maximum absolute atomic E-state index is 5.86. The van der Waals surface area contributed by atoms with E-state index in [9.17, 15) is 0 Å². The molecule has 0 aliphatic heterocycles. The molecule has 0 aromatic carbocycles. The highest BCUT2D eigenvalue weighted by Gasteiger charge is 2.46.